The first kappa shape index (κ1) is 13.2. The van der Waals surface area contributed by atoms with Gasteiger partial charge in [-0.1, -0.05) is 6.07 Å². The lowest BCUT2D eigenvalue weighted by molar-refractivity contribution is -0.0676. The number of rotatable bonds is 2. The highest BCUT2D eigenvalue weighted by Crippen LogP contribution is 2.41. The van der Waals surface area contributed by atoms with E-state index >= 15 is 0 Å². The standard InChI is InChI=1S/C15H24N2O/c1-14(2)10-13(15(3,4)18-14)17(5)12-8-6-7-11(16)9-12/h6-9,13H,10,16H2,1-5H3. The van der Waals surface area contributed by atoms with Crippen molar-refractivity contribution in [3.63, 3.8) is 0 Å². The molecular weight excluding hydrogens is 224 g/mol. The van der Waals surface area contributed by atoms with Crippen LogP contribution in [0.15, 0.2) is 24.3 Å². The molecule has 1 saturated heterocycles. The third-order valence-corrected chi connectivity index (χ3v) is 3.77. The van der Waals surface area contributed by atoms with Gasteiger partial charge in [-0.05, 0) is 52.3 Å². The second-order valence-electron chi connectivity index (χ2n) is 6.39. The third kappa shape index (κ3) is 2.46. The quantitative estimate of drug-likeness (QED) is 0.818. The number of nitrogen functional groups attached to an aromatic ring is 1. The van der Waals surface area contributed by atoms with Crippen molar-refractivity contribution in [3.05, 3.63) is 24.3 Å². The monoisotopic (exact) mass is 248 g/mol. The maximum absolute atomic E-state index is 6.15. The maximum Gasteiger partial charge on any atom is 0.0836 e. The van der Waals surface area contributed by atoms with Crippen molar-refractivity contribution in [2.24, 2.45) is 0 Å². The molecule has 1 unspecified atom stereocenters. The van der Waals surface area contributed by atoms with Crippen molar-refractivity contribution in [1.82, 2.24) is 0 Å². The number of anilines is 2. The van der Waals surface area contributed by atoms with Crippen LogP contribution in [-0.2, 0) is 4.74 Å². The fourth-order valence-corrected chi connectivity index (χ4v) is 3.06. The molecule has 1 atom stereocenters. The summed E-state index contributed by atoms with van der Waals surface area (Å²) in [5.41, 5.74) is 7.59. The van der Waals surface area contributed by atoms with Gasteiger partial charge in [-0.2, -0.15) is 0 Å². The molecule has 100 valence electrons. The molecule has 1 heterocycles. The number of ether oxygens (including phenoxy) is 1. The SMILES string of the molecule is CN(c1cccc(N)c1)C1CC(C)(C)OC1(C)C. The van der Waals surface area contributed by atoms with Gasteiger partial charge in [0.2, 0.25) is 0 Å². The predicted octanol–water partition coefficient (Wildman–Crippen LogP) is 3.05. The van der Waals surface area contributed by atoms with Crippen LogP contribution in [-0.4, -0.2) is 24.3 Å². The molecule has 0 radical (unpaired) electrons. The van der Waals surface area contributed by atoms with Crippen LogP contribution in [0.3, 0.4) is 0 Å². The number of nitrogens with zero attached hydrogens (tertiary/aromatic N) is 1. The molecule has 18 heavy (non-hydrogen) atoms. The van der Waals surface area contributed by atoms with Crippen molar-refractivity contribution < 1.29 is 4.74 Å². The number of benzene rings is 1. The second-order valence-corrected chi connectivity index (χ2v) is 6.39. The predicted molar refractivity (Wildman–Crippen MR) is 76.9 cm³/mol. The van der Waals surface area contributed by atoms with E-state index in [1.54, 1.807) is 0 Å². The van der Waals surface area contributed by atoms with Crippen molar-refractivity contribution in [2.45, 2.75) is 51.4 Å². The molecule has 1 aliphatic rings. The first-order valence-electron chi connectivity index (χ1n) is 6.50. The van der Waals surface area contributed by atoms with Gasteiger partial charge in [-0.15, -0.1) is 0 Å². The van der Waals surface area contributed by atoms with E-state index in [0.717, 1.165) is 17.8 Å². The normalized spacial score (nSPS) is 25.1. The Kier molecular flexibility index (Phi) is 3.06. The molecule has 3 nitrogen and oxygen atoms in total. The van der Waals surface area contributed by atoms with E-state index < -0.39 is 0 Å². The number of nitrogens with two attached hydrogens (primary N) is 1. The van der Waals surface area contributed by atoms with E-state index in [-0.39, 0.29) is 11.2 Å². The van der Waals surface area contributed by atoms with Gasteiger partial charge in [0.1, 0.15) is 0 Å². The molecule has 0 aromatic heterocycles. The first-order chi connectivity index (χ1) is 8.21. The third-order valence-electron chi connectivity index (χ3n) is 3.77. The highest BCUT2D eigenvalue weighted by Gasteiger charge is 2.47. The molecule has 0 aliphatic carbocycles. The fourth-order valence-electron chi connectivity index (χ4n) is 3.06. The summed E-state index contributed by atoms with van der Waals surface area (Å²) in [7, 11) is 2.12. The Morgan fingerprint density at radius 2 is 1.94 bits per heavy atom. The van der Waals surface area contributed by atoms with Gasteiger partial charge in [0, 0.05) is 18.4 Å². The molecule has 1 aliphatic heterocycles. The van der Waals surface area contributed by atoms with E-state index in [1.165, 1.54) is 0 Å². The van der Waals surface area contributed by atoms with Crippen LogP contribution in [0.25, 0.3) is 0 Å². The zero-order valence-electron chi connectivity index (χ0n) is 12.0. The van der Waals surface area contributed by atoms with E-state index in [2.05, 4.69) is 45.7 Å². The average molecular weight is 248 g/mol. The van der Waals surface area contributed by atoms with Crippen LogP contribution < -0.4 is 10.6 Å². The van der Waals surface area contributed by atoms with Crippen LogP contribution in [0.4, 0.5) is 11.4 Å². The lowest BCUT2D eigenvalue weighted by Gasteiger charge is -2.35. The maximum atomic E-state index is 6.15. The molecule has 0 bridgehead atoms. The Labute approximate surface area is 110 Å². The Morgan fingerprint density at radius 1 is 1.28 bits per heavy atom. The molecule has 0 saturated carbocycles. The summed E-state index contributed by atoms with van der Waals surface area (Å²) in [4.78, 5) is 2.28. The van der Waals surface area contributed by atoms with E-state index in [1.807, 2.05) is 18.2 Å². The van der Waals surface area contributed by atoms with Gasteiger partial charge < -0.3 is 15.4 Å². The van der Waals surface area contributed by atoms with Gasteiger partial charge in [0.15, 0.2) is 0 Å². The van der Waals surface area contributed by atoms with Crippen LogP contribution in [0.2, 0.25) is 0 Å². The Hall–Kier alpha value is -1.22. The summed E-state index contributed by atoms with van der Waals surface area (Å²) >= 11 is 0. The highest BCUT2D eigenvalue weighted by atomic mass is 16.5. The van der Waals surface area contributed by atoms with E-state index in [0.29, 0.717) is 6.04 Å². The summed E-state index contributed by atoms with van der Waals surface area (Å²) in [6, 6.07) is 8.38. The van der Waals surface area contributed by atoms with Crippen LogP contribution in [0.5, 0.6) is 0 Å². The fraction of sp³-hybridized carbons (Fsp3) is 0.600. The molecule has 1 aromatic carbocycles. The molecule has 2 rings (SSSR count). The molecule has 1 fully saturated rings. The first-order valence-corrected chi connectivity index (χ1v) is 6.50. The number of likely N-dealkylation sites (N-methyl/N-ethyl adjacent to an activating group) is 1. The van der Waals surface area contributed by atoms with Crippen LogP contribution >= 0.6 is 0 Å². The summed E-state index contributed by atoms with van der Waals surface area (Å²) in [5.74, 6) is 0. The minimum absolute atomic E-state index is 0.0667. The van der Waals surface area contributed by atoms with Gasteiger partial charge in [0.25, 0.3) is 0 Å². The van der Waals surface area contributed by atoms with Gasteiger partial charge >= 0.3 is 0 Å². The topological polar surface area (TPSA) is 38.5 Å². The van der Waals surface area contributed by atoms with Crippen molar-refractivity contribution in [1.29, 1.82) is 0 Å². The average Bonchev–Trinajstić information content (AvgIpc) is 2.45. The Morgan fingerprint density at radius 3 is 2.44 bits per heavy atom. The zero-order valence-corrected chi connectivity index (χ0v) is 12.0. The van der Waals surface area contributed by atoms with E-state index in [9.17, 15) is 0 Å². The molecule has 3 heteroatoms. The van der Waals surface area contributed by atoms with Crippen LogP contribution in [0.1, 0.15) is 34.1 Å². The summed E-state index contributed by atoms with van der Waals surface area (Å²) < 4.78 is 6.15. The second kappa shape index (κ2) is 4.16. The number of hydrogen-bond donors (Lipinski definition) is 1. The lowest BCUT2D eigenvalue weighted by atomic mass is 9.93. The molecular formula is C15H24N2O. The van der Waals surface area contributed by atoms with Crippen molar-refractivity contribution >= 4 is 11.4 Å². The van der Waals surface area contributed by atoms with Gasteiger partial charge in [-0.25, -0.2) is 0 Å². The number of hydrogen-bond acceptors (Lipinski definition) is 3. The molecule has 2 N–H and O–H groups in total. The van der Waals surface area contributed by atoms with Gasteiger partial charge in [0.05, 0.1) is 17.2 Å². The smallest absolute Gasteiger partial charge is 0.0836 e. The highest BCUT2D eigenvalue weighted by molar-refractivity contribution is 5.56. The Balaban J connectivity index is 2.26. The molecule has 1 aromatic rings. The van der Waals surface area contributed by atoms with E-state index in [4.69, 9.17) is 10.5 Å². The van der Waals surface area contributed by atoms with Crippen LogP contribution in [0, 0.1) is 0 Å². The summed E-state index contributed by atoms with van der Waals surface area (Å²) in [6.45, 7) is 8.63. The molecule has 0 spiro atoms. The Bertz CT molecular complexity index is 440. The summed E-state index contributed by atoms with van der Waals surface area (Å²) in [6.07, 6.45) is 1.02. The van der Waals surface area contributed by atoms with Crippen molar-refractivity contribution in [2.75, 3.05) is 17.7 Å². The largest absolute Gasteiger partial charge is 0.399 e. The summed E-state index contributed by atoms with van der Waals surface area (Å²) in [5, 5.41) is 0. The van der Waals surface area contributed by atoms with Crippen molar-refractivity contribution in [3.8, 4) is 0 Å². The minimum atomic E-state index is -0.150. The minimum Gasteiger partial charge on any atom is -0.399 e. The molecule has 0 amide bonds. The lowest BCUT2D eigenvalue weighted by Crippen LogP contribution is -2.44. The van der Waals surface area contributed by atoms with Gasteiger partial charge in [-0.3, -0.25) is 0 Å². The zero-order chi connectivity index (χ0) is 13.6.